The predicted molar refractivity (Wildman–Crippen MR) is 101 cm³/mol. The van der Waals surface area contributed by atoms with Gasteiger partial charge in [0.25, 0.3) is 0 Å². The van der Waals surface area contributed by atoms with E-state index in [2.05, 4.69) is 51.1 Å². The zero-order valence-corrected chi connectivity index (χ0v) is 15.6. The van der Waals surface area contributed by atoms with Crippen LogP contribution in [0.1, 0.15) is 76.0 Å². The summed E-state index contributed by atoms with van der Waals surface area (Å²) in [6.07, 6.45) is 11.6. The highest BCUT2D eigenvalue weighted by Crippen LogP contribution is 2.61. The molecule has 0 amide bonds. The van der Waals surface area contributed by atoms with Crippen LogP contribution in [0.25, 0.3) is 0 Å². The highest BCUT2D eigenvalue weighted by molar-refractivity contribution is 5.47. The fourth-order valence-electron chi connectivity index (χ4n) is 5.42. The van der Waals surface area contributed by atoms with Crippen LogP contribution in [0, 0.1) is 18.3 Å². The van der Waals surface area contributed by atoms with Crippen molar-refractivity contribution in [3.05, 3.63) is 58.2 Å². The van der Waals surface area contributed by atoms with Gasteiger partial charge in [0.15, 0.2) is 0 Å². The molecule has 0 radical (unpaired) electrons. The molecule has 3 aliphatic rings. The van der Waals surface area contributed by atoms with Crippen LogP contribution in [0.4, 0.5) is 0 Å². The lowest BCUT2D eigenvalue weighted by atomic mass is 9.59. The van der Waals surface area contributed by atoms with E-state index >= 15 is 0 Å². The maximum absolute atomic E-state index is 2.59. The molecule has 1 aromatic rings. The van der Waals surface area contributed by atoms with Gasteiger partial charge in [-0.2, -0.15) is 0 Å². The second kappa shape index (κ2) is 6.30. The van der Waals surface area contributed by atoms with Gasteiger partial charge in [-0.3, -0.25) is 0 Å². The summed E-state index contributed by atoms with van der Waals surface area (Å²) in [4.78, 5) is 0. The van der Waals surface area contributed by atoms with E-state index in [0.717, 1.165) is 12.3 Å². The van der Waals surface area contributed by atoms with E-state index in [-0.39, 0.29) is 0 Å². The van der Waals surface area contributed by atoms with Crippen molar-refractivity contribution >= 4 is 0 Å². The van der Waals surface area contributed by atoms with Crippen molar-refractivity contribution in [3.63, 3.8) is 0 Å². The second-order valence-corrected chi connectivity index (χ2v) is 7.52. The fourth-order valence-corrected chi connectivity index (χ4v) is 5.42. The summed E-state index contributed by atoms with van der Waals surface area (Å²) >= 11 is 0. The van der Waals surface area contributed by atoms with Crippen LogP contribution in [0.2, 0.25) is 0 Å². The minimum atomic E-state index is 0.458. The number of fused-ring (bicyclic) bond motifs is 5. The van der Waals surface area contributed by atoms with Gasteiger partial charge in [0.05, 0.1) is 0 Å². The Kier molecular flexibility index (Phi) is 4.54. The standard InChI is InChI=1S/C21H26.C2H6/c1-4-16-7-10-20-19-9-6-15-13-14(2)5-8-17(15)18(19)11-12-21(16,20)3;1-2/h4-5,8-9,13,18,20H,6-7,10-12H2,1-3H3;1-2H3/b16-4-;. The molecule has 0 heterocycles. The lowest BCUT2D eigenvalue weighted by Gasteiger charge is -2.45. The Balaban J connectivity index is 0.000000753. The Morgan fingerprint density at radius 1 is 1.17 bits per heavy atom. The largest absolute Gasteiger partial charge is 0.0879 e. The van der Waals surface area contributed by atoms with Crippen molar-refractivity contribution in [2.45, 2.75) is 72.6 Å². The summed E-state index contributed by atoms with van der Waals surface area (Å²) in [5.41, 5.74) is 8.58. The van der Waals surface area contributed by atoms with E-state index in [1.54, 1.807) is 22.3 Å². The van der Waals surface area contributed by atoms with Gasteiger partial charge >= 0.3 is 0 Å². The first-order chi connectivity index (χ1) is 11.1. The summed E-state index contributed by atoms with van der Waals surface area (Å²) in [5, 5.41) is 0. The highest BCUT2D eigenvalue weighted by Gasteiger charge is 2.49. The van der Waals surface area contributed by atoms with Crippen LogP contribution < -0.4 is 0 Å². The maximum atomic E-state index is 2.59. The van der Waals surface area contributed by atoms with Crippen LogP contribution in [0.5, 0.6) is 0 Å². The Bertz CT molecular complexity index is 646. The zero-order chi connectivity index (χ0) is 16.6. The molecule has 3 atom stereocenters. The molecule has 0 saturated heterocycles. The summed E-state index contributed by atoms with van der Waals surface area (Å²) < 4.78 is 0. The molecule has 0 bridgehead atoms. The van der Waals surface area contributed by atoms with Crippen LogP contribution in [0.15, 0.2) is 41.5 Å². The summed E-state index contributed by atoms with van der Waals surface area (Å²) in [6.45, 7) is 11.0. The fraction of sp³-hybridized carbons (Fsp3) is 0.565. The van der Waals surface area contributed by atoms with Gasteiger partial charge in [-0.05, 0) is 68.4 Å². The molecule has 124 valence electrons. The van der Waals surface area contributed by atoms with Crippen molar-refractivity contribution in [1.29, 1.82) is 0 Å². The van der Waals surface area contributed by atoms with Crippen molar-refractivity contribution in [2.75, 3.05) is 0 Å². The number of rotatable bonds is 0. The molecular formula is C23H32. The van der Waals surface area contributed by atoms with Gasteiger partial charge in [-0.1, -0.05) is 67.8 Å². The molecule has 0 nitrogen and oxygen atoms in total. The molecule has 1 aromatic carbocycles. The molecule has 0 aromatic heterocycles. The van der Waals surface area contributed by atoms with Crippen LogP contribution >= 0.6 is 0 Å². The predicted octanol–water partition coefficient (Wildman–Crippen LogP) is 6.74. The minimum absolute atomic E-state index is 0.458. The number of allylic oxidation sites excluding steroid dienone is 4. The smallest absolute Gasteiger partial charge is 0.00545 e. The molecule has 4 rings (SSSR count). The third-order valence-corrected chi connectivity index (χ3v) is 6.54. The number of benzene rings is 1. The Hall–Kier alpha value is -1.30. The molecule has 0 spiro atoms. The van der Waals surface area contributed by atoms with Crippen LogP contribution in [0.3, 0.4) is 0 Å². The first kappa shape index (κ1) is 16.6. The van der Waals surface area contributed by atoms with Gasteiger partial charge in [0.1, 0.15) is 0 Å². The maximum Gasteiger partial charge on any atom is 0.00545 e. The quantitative estimate of drug-likeness (QED) is 0.465. The molecule has 0 N–H and O–H groups in total. The first-order valence-electron chi connectivity index (χ1n) is 9.58. The van der Waals surface area contributed by atoms with Gasteiger partial charge in [0, 0.05) is 5.92 Å². The average Bonchev–Trinajstić information content (AvgIpc) is 2.92. The van der Waals surface area contributed by atoms with E-state index in [9.17, 15) is 0 Å². The number of hydrogen-bond acceptors (Lipinski definition) is 0. The van der Waals surface area contributed by atoms with Gasteiger partial charge < -0.3 is 0 Å². The molecule has 23 heavy (non-hydrogen) atoms. The Labute approximate surface area is 142 Å². The van der Waals surface area contributed by atoms with Crippen molar-refractivity contribution in [1.82, 2.24) is 0 Å². The minimum Gasteiger partial charge on any atom is -0.0879 e. The summed E-state index contributed by atoms with van der Waals surface area (Å²) in [6, 6.07) is 7.13. The van der Waals surface area contributed by atoms with E-state index in [0.29, 0.717) is 11.3 Å². The van der Waals surface area contributed by atoms with Crippen molar-refractivity contribution in [3.8, 4) is 0 Å². The van der Waals surface area contributed by atoms with Crippen molar-refractivity contribution in [2.24, 2.45) is 11.3 Å². The topological polar surface area (TPSA) is 0 Å². The normalized spacial score (nSPS) is 33.1. The van der Waals surface area contributed by atoms with Gasteiger partial charge in [-0.15, -0.1) is 0 Å². The SMILES string of the molecule is C/C=C1/CCC2C3=CCc4cc(C)ccc4C3CCC12C.CC. The third kappa shape index (κ3) is 2.51. The monoisotopic (exact) mass is 308 g/mol. The molecule has 2 fully saturated rings. The van der Waals surface area contributed by atoms with Gasteiger partial charge in [-0.25, -0.2) is 0 Å². The van der Waals surface area contributed by atoms with Crippen LogP contribution in [-0.2, 0) is 6.42 Å². The number of hydrogen-bond donors (Lipinski definition) is 0. The second-order valence-electron chi connectivity index (χ2n) is 7.52. The molecule has 2 saturated carbocycles. The average molecular weight is 309 g/mol. The lowest BCUT2D eigenvalue weighted by Crippen LogP contribution is -2.34. The summed E-state index contributed by atoms with van der Waals surface area (Å²) in [5.74, 6) is 1.51. The van der Waals surface area contributed by atoms with E-state index in [4.69, 9.17) is 0 Å². The molecule has 0 aliphatic heterocycles. The van der Waals surface area contributed by atoms with E-state index in [1.165, 1.54) is 31.2 Å². The van der Waals surface area contributed by atoms with Gasteiger partial charge in [0.2, 0.25) is 0 Å². The number of aryl methyl sites for hydroxylation is 1. The molecule has 3 unspecified atom stereocenters. The third-order valence-electron chi connectivity index (χ3n) is 6.54. The zero-order valence-electron chi connectivity index (χ0n) is 15.6. The van der Waals surface area contributed by atoms with Crippen molar-refractivity contribution < 1.29 is 0 Å². The first-order valence-corrected chi connectivity index (χ1v) is 9.58. The Morgan fingerprint density at radius 3 is 2.70 bits per heavy atom. The van der Waals surface area contributed by atoms with Crippen LogP contribution in [-0.4, -0.2) is 0 Å². The molecule has 0 heteroatoms. The summed E-state index contributed by atoms with van der Waals surface area (Å²) in [7, 11) is 0. The van der Waals surface area contributed by atoms with E-state index in [1.807, 2.05) is 13.8 Å². The lowest BCUT2D eigenvalue weighted by molar-refractivity contribution is 0.229. The Morgan fingerprint density at radius 2 is 1.96 bits per heavy atom. The highest BCUT2D eigenvalue weighted by atomic mass is 14.5. The molecule has 3 aliphatic carbocycles. The molecular weight excluding hydrogens is 276 g/mol. The van der Waals surface area contributed by atoms with E-state index < -0.39 is 0 Å².